The first-order chi connectivity index (χ1) is 22.4. The van der Waals surface area contributed by atoms with Crippen LogP contribution in [0.1, 0.15) is 52.5 Å². The van der Waals surface area contributed by atoms with Crippen LogP contribution < -0.4 is 10.2 Å². The highest BCUT2D eigenvalue weighted by Gasteiger charge is 2.41. The van der Waals surface area contributed by atoms with E-state index < -0.39 is 30.2 Å². The molecule has 46 heavy (non-hydrogen) atoms. The third-order valence-electron chi connectivity index (χ3n) is 7.57. The number of alkyl carbamates (subject to hydrolysis) is 1. The fraction of sp³-hybridized carbons (Fsp3) is 0.303. The number of ether oxygens (including phenoxy) is 3. The molecule has 2 aliphatic rings. The van der Waals surface area contributed by atoms with Crippen LogP contribution in [0, 0.1) is 6.92 Å². The van der Waals surface area contributed by atoms with E-state index in [1.807, 2.05) is 67.6 Å². The summed E-state index contributed by atoms with van der Waals surface area (Å²) in [7, 11) is 0. The molecule has 4 aromatic rings. The number of aliphatic hydroxyl groups excluding tert-OH is 1. The number of imide groups is 1. The largest absolute Gasteiger partial charge is 0.445 e. The van der Waals surface area contributed by atoms with Crippen molar-refractivity contribution in [3.63, 3.8) is 0 Å². The molecule has 3 amide bonds. The van der Waals surface area contributed by atoms with Crippen molar-refractivity contribution in [2.24, 2.45) is 0 Å². The van der Waals surface area contributed by atoms with Crippen LogP contribution in [0.25, 0.3) is 0 Å². The van der Waals surface area contributed by atoms with Crippen LogP contribution in [0.2, 0.25) is 0 Å². The van der Waals surface area contributed by atoms with E-state index >= 15 is 0 Å². The maximum Gasteiger partial charge on any atom is 0.408 e. The molecule has 2 fully saturated rings. The standard InChI is InChI=1S/C33H32N4O7S2/c1-20-35-36-33(46-20)45-19-26-15-28(23-12-10-21(17-38)11-13-23)44-31(43-26)24-8-5-9-25(14-24)37-29(39)16-27(30(37)40)34-32(41)42-18-22-6-3-2-4-7-22/h2-14,26-28,31,38H,15-19H2,1H3,(H,34,41)/t26-,27?,28+,31+/m1/s1. The average Bonchev–Trinajstić information content (AvgIpc) is 3.63. The van der Waals surface area contributed by atoms with E-state index in [1.54, 1.807) is 30.0 Å². The van der Waals surface area contributed by atoms with Gasteiger partial charge in [-0.3, -0.25) is 9.59 Å². The predicted molar refractivity (Wildman–Crippen MR) is 171 cm³/mol. The van der Waals surface area contributed by atoms with Gasteiger partial charge in [0.25, 0.3) is 5.91 Å². The summed E-state index contributed by atoms with van der Waals surface area (Å²) in [5.74, 6) is -0.367. The Morgan fingerprint density at radius 3 is 2.57 bits per heavy atom. The van der Waals surface area contributed by atoms with E-state index in [9.17, 15) is 19.5 Å². The van der Waals surface area contributed by atoms with Crippen LogP contribution in [0.3, 0.4) is 0 Å². The predicted octanol–water partition coefficient (Wildman–Crippen LogP) is 5.23. The van der Waals surface area contributed by atoms with Crippen molar-refractivity contribution in [2.75, 3.05) is 10.7 Å². The molecular weight excluding hydrogens is 629 g/mol. The van der Waals surface area contributed by atoms with Crippen molar-refractivity contribution in [1.29, 1.82) is 0 Å². The summed E-state index contributed by atoms with van der Waals surface area (Å²) in [6.07, 6.45) is -1.66. The van der Waals surface area contributed by atoms with Crippen LogP contribution in [0.5, 0.6) is 0 Å². The molecule has 13 heteroatoms. The van der Waals surface area contributed by atoms with Gasteiger partial charge in [0.1, 0.15) is 17.7 Å². The first-order valence-electron chi connectivity index (χ1n) is 14.7. The van der Waals surface area contributed by atoms with Crippen LogP contribution in [0.15, 0.2) is 83.2 Å². The molecule has 0 aliphatic carbocycles. The summed E-state index contributed by atoms with van der Waals surface area (Å²) in [6.45, 7) is 1.90. The Balaban J connectivity index is 1.16. The Labute approximate surface area is 273 Å². The zero-order chi connectivity index (χ0) is 32.0. The molecule has 11 nitrogen and oxygen atoms in total. The van der Waals surface area contributed by atoms with Crippen molar-refractivity contribution in [3.05, 3.63) is 106 Å². The maximum absolute atomic E-state index is 13.3. The van der Waals surface area contributed by atoms with E-state index in [0.717, 1.165) is 30.9 Å². The van der Waals surface area contributed by atoms with Gasteiger partial charge in [-0.15, -0.1) is 10.2 Å². The van der Waals surface area contributed by atoms with Crippen molar-refractivity contribution < 1.29 is 33.7 Å². The van der Waals surface area contributed by atoms with Gasteiger partial charge in [0.2, 0.25) is 5.91 Å². The molecule has 238 valence electrons. The van der Waals surface area contributed by atoms with Gasteiger partial charge < -0.3 is 24.6 Å². The quantitative estimate of drug-likeness (QED) is 0.172. The molecule has 4 atom stereocenters. The number of carbonyl (C=O) groups excluding carboxylic acids is 3. The monoisotopic (exact) mass is 660 g/mol. The molecule has 0 saturated carbocycles. The lowest BCUT2D eigenvalue weighted by atomic mass is 10.0. The third kappa shape index (κ3) is 7.62. The number of carbonyl (C=O) groups is 3. The van der Waals surface area contributed by atoms with Crippen molar-refractivity contribution >= 4 is 46.7 Å². The number of aromatic nitrogens is 2. The molecular formula is C33H32N4O7S2. The first-order valence-corrected chi connectivity index (χ1v) is 16.5. The number of rotatable bonds is 10. The number of aryl methyl sites for hydroxylation is 1. The van der Waals surface area contributed by atoms with Gasteiger partial charge in [0.15, 0.2) is 10.6 Å². The average molecular weight is 661 g/mol. The van der Waals surface area contributed by atoms with Gasteiger partial charge in [0, 0.05) is 17.7 Å². The summed E-state index contributed by atoms with van der Waals surface area (Å²) in [4.78, 5) is 39.8. The van der Waals surface area contributed by atoms with E-state index in [-0.39, 0.29) is 31.8 Å². The Hall–Kier alpha value is -4.14. The van der Waals surface area contributed by atoms with Crippen LogP contribution in [-0.2, 0) is 37.0 Å². The highest BCUT2D eigenvalue weighted by Crippen LogP contribution is 2.40. The molecule has 2 N–H and O–H groups in total. The van der Waals surface area contributed by atoms with Gasteiger partial charge >= 0.3 is 6.09 Å². The fourth-order valence-corrected chi connectivity index (χ4v) is 7.12. The second kappa shape index (κ2) is 14.5. The zero-order valence-corrected chi connectivity index (χ0v) is 26.5. The Bertz CT molecular complexity index is 1680. The van der Waals surface area contributed by atoms with Gasteiger partial charge in [-0.25, -0.2) is 9.69 Å². The summed E-state index contributed by atoms with van der Waals surface area (Å²) in [6, 6.07) is 22.7. The van der Waals surface area contributed by atoms with E-state index in [2.05, 4.69) is 15.5 Å². The molecule has 0 bridgehead atoms. The fourth-order valence-electron chi connectivity index (χ4n) is 5.26. The zero-order valence-electron chi connectivity index (χ0n) is 24.9. The Kier molecular flexibility index (Phi) is 10.0. The summed E-state index contributed by atoms with van der Waals surface area (Å²) in [5.41, 5.74) is 3.54. The molecule has 0 radical (unpaired) electrons. The summed E-state index contributed by atoms with van der Waals surface area (Å²) >= 11 is 3.09. The minimum atomic E-state index is -1.04. The number of thioether (sulfide) groups is 1. The van der Waals surface area contributed by atoms with Crippen molar-refractivity contribution in [3.8, 4) is 0 Å². The molecule has 0 spiro atoms. The van der Waals surface area contributed by atoms with Crippen molar-refractivity contribution in [2.45, 2.75) is 61.9 Å². The molecule has 6 rings (SSSR count). The number of aliphatic hydroxyl groups is 1. The highest BCUT2D eigenvalue weighted by atomic mass is 32.2. The van der Waals surface area contributed by atoms with Gasteiger partial charge in [-0.2, -0.15) is 0 Å². The van der Waals surface area contributed by atoms with Crippen LogP contribution in [-0.4, -0.2) is 51.1 Å². The number of hydrogen-bond acceptors (Lipinski definition) is 11. The number of hydrogen-bond donors (Lipinski definition) is 2. The van der Waals surface area contributed by atoms with Gasteiger partial charge in [0.05, 0.1) is 30.9 Å². The van der Waals surface area contributed by atoms with Crippen LogP contribution >= 0.6 is 23.1 Å². The lowest BCUT2D eigenvalue weighted by molar-refractivity contribution is -0.245. The number of nitrogens with zero attached hydrogens (tertiary/aromatic N) is 3. The molecule has 3 heterocycles. The molecule has 2 saturated heterocycles. The third-order valence-corrected chi connectivity index (χ3v) is 9.67. The first kappa shape index (κ1) is 31.8. The SMILES string of the molecule is Cc1nnc(SC[C@H]2C[C@@H](c3ccc(CO)cc3)O[C@@H](c3cccc(N4C(=O)CC(NC(=O)OCc5ccccc5)C4=O)c3)O2)s1. The number of anilines is 1. The normalized spacial score (nSPS) is 21.4. The maximum atomic E-state index is 13.3. The molecule has 3 aromatic carbocycles. The van der Waals surface area contributed by atoms with Crippen molar-refractivity contribution in [1.82, 2.24) is 15.5 Å². The Morgan fingerprint density at radius 1 is 1.02 bits per heavy atom. The number of amides is 3. The topological polar surface area (TPSA) is 140 Å². The van der Waals surface area contributed by atoms with Crippen LogP contribution in [0.4, 0.5) is 10.5 Å². The summed E-state index contributed by atoms with van der Waals surface area (Å²) < 4.78 is 19.0. The minimum Gasteiger partial charge on any atom is -0.445 e. The van der Waals surface area contributed by atoms with E-state index in [4.69, 9.17) is 14.2 Å². The van der Waals surface area contributed by atoms with E-state index in [1.165, 1.54) is 11.3 Å². The molecule has 2 aliphatic heterocycles. The van der Waals surface area contributed by atoms with E-state index in [0.29, 0.717) is 23.4 Å². The van der Waals surface area contributed by atoms with Gasteiger partial charge in [-0.05, 0) is 35.7 Å². The Morgan fingerprint density at radius 2 is 1.83 bits per heavy atom. The van der Waals surface area contributed by atoms with Gasteiger partial charge in [-0.1, -0.05) is 89.8 Å². The second-order valence-corrected chi connectivity index (χ2v) is 13.3. The minimum absolute atomic E-state index is 0.0428. The number of benzene rings is 3. The summed E-state index contributed by atoms with van der Waals surface area (Å²) in [5, 5.41) is 21.2. The second-order valence-electron chi connectivity index (χ2n) is 10.9. The lowest BCUT2D eigenvalue weighted by Gasteiger charge is -2.36. The highest BCUT2D eigenvalue weighted by molar-refractivity contribution is 8.01. The molecule has 1 unspecified atom stereocenters. The smallest absolute Gasteiger partial charge is 0.408 e. The molecule has 1 aromatic heterocycles. The lowest BCUT2D eigenvalue weighted by Crippen LogP contribution is -2.42. The number of nitrogens with one attached hydrogen (secondary N) is 1.